The Hall–Kier alpha value is -4.48. The molecule has 2 heterocycles. The number of benzene rings is 4. The lowest BCUT2D eigenvalue weighted by molar-refractivity contribution is 0.564. The molecule has 0 unspecified atom stereocenters. The molecule has 0 aliphatic carbocycles. The summed E-state index contributed by atoms with van der Waals surface area (Å²) in [4.78, 5) is 24.2. The number of fused-ring (bicyclic) bond motifs is 3. The molecule has 0 aliphatic heterocycles. The molecule has 0 N–H and O–H groups in total. The lowest BCUT2D eigenvalue weighted by Crippen LogP contribution is -2.14. The summed E-state index contributed by atoms with van der Waals surface area (Å²) in [5.74, 6) is 0.601. The van der Waals surface area contributed by atoms with Crippen LogP contribution in [0.3, 0.4) is 0 Å². The molecule has 35 heavy (non-hydrogen) atoms. The van der Waals surface area contributed by atoms with E-state index in [0.717, 1.165) is 16.9 Å². The number of hydrogen-bond donors (Lipinski definition) is 0. The maximum Gasteiger partial charge on any atom is 0.357 e. The van der Waals surface area contributed by atoms with E-state index < -0.39 is 5.63 Å². The highest BCUT2D eigenvalue weighted by Gasteiger charge is 2.23. The maximum absolute atomic E-state index is 13.0. The number of halogens is 1. The van der Waals surface area contributed by atoms with Crippen molar-refractivity contribution in [1.82, 2.24) is 9.97 Å². The topological polar surface area (TPSA) is 59.2 Å². The Balaban J connectivity index is 1.64. The molecule has 0 amide bonds. The van der Waals surface area contributed by atoms with Crippen LogP contribution in [0.4, 0.5) is 17.1 Å². The van der Waals surface area contributed by atoms with Gasteiger partial charge >= 0.3 is 5.63 Å². The van der Waals surface area contributed by atoms with Crippen molar-refractivity contribution in [2.24, 2.45) is 0 Å². The molecule has 4 aromatic carbocycles. The summed E-state index contributed by atoms with van der Waals surface area (Å²) in [5, 5.41) is 1.33. The molecular formula is C29H18ClN3O2. The third-order valence-electron chi connectivity index (χ3n) is 5.84. The molecule has 0 radical (unpaired) electrons. The minimum Gasteiger partial charge on any atom is -0.421 e. The predicted molar refractivity (Wildman–Crippen MR) is 141 cm³/mol. The Bertz CT molecular complexity index is 1680. The van der Waals surface area contributed by atoms with E-state index in [0.29, 0.717) is 33.4 Å². The Morgan fingerprint density at radius 1 is 0.714 bits per heavy atom. The van der Waals surface area contributed by atoms with Crippen LogP contribution < -0.4 is 10.5 Å². The fourth-order valence-corrected chi connectivity index (χ4v) is 4.46. The van der Waals surface area contributed by atoms with E-state index in [2.05, 4.69) is 4.98 Å². The van der Waals surface area contributed by atoms with Crippen LogP contribution >= 0.6 is 11.6 Å². The lowest BCUT2D eigenvalue weighted by atomic mass is 10.1. The average molecular weight is 476 g/mol. The van der Waals surface area contributed by atoms with Crippen LogP contribution in [0.1, 0.15) is 0 Å². The minimum atomic E-state index is -0.620. The van der Waals surface area contributed by atoms with Gasteiger partial charge in [0, 0.05) is 28.5 Å². The van der Waals surface area contributed by atoms with Crippen molar-refractivity contribution >= 4 is 50.5 Å². The molecule has 6 aromatic rings. The van der Waals surface area contributed by atoms with Crippen LogP contribution in [0.5, 0.6) is 0 Å². The Kier molecular flexibility index (Phi) is 5.24. The summed E-state index contributed by atoms with van der Waals surface area (Å²) in [5.41, 5.74) is 3.63. The van der Waals surface area contributed by atoms with Crippen molar-refractivity contribution in [2.75, 3.05) is 4.90 Å². The van der Waals surface area contributed by atoms with Gasteiger partial charge in [-0.25, -0.2) is 14.8 Å². The molecule has 0 bridgehead atoms. The summed E-state index contributed by atoms with van der Waals surface area (Å²) >= 11 is 6.64. The fraction of sp³-hybridized carbons (Fsp3) is 0. The van der Waals surface area contributed by atoms with Gasteiger partial charge in [-0.15, -0.1) is 0 Å². The third kappa shape index (κ3) is 3.72. The highest BCUT2D eigenvalue weighted by Crippen LogP contribution is 2.43. The van der Waals surface area contributed by atoms with Crippen molar-refractivity contribution in [2.45, 2.75) is 0 Å². The summed E-state index contributed by atoms with van der Waals surface area (Å²) in [7, 11) is 0. The first-order chi connectivity index (χ1) is 17.2. The third-order valence-corrected chi connectivity index (χ3v) is 6.17. The van der Waals surface area contributed by atoms with Crippen LogP contribution in [-0.2, 0) is 0 Å². The number of rotatable bonds is 4. The predicted octanol–water partition coefficient (Wildman–Crippen LogP) is 7.53. The monoisotopic (exact) mass is 475 g/mol. The van der Waals surface area contributed by atoms with E-state index in [1.807, 2.05) is 108 Å². The minimum absolute atomic E-state index is 0.00591. The second-order valence-electron chi connectivity index (χ2n) is 7.99. The van der Waals surface area contributed by atoms with Gasteiger partial charge in [0.15, 0.2) is 16.4 Å². The fourth-order valence-electron chi connectivity index (χ4n) is 4.24. The largest absolute Gasteiger partial charge is 0.421 e. The van der Waals surface area contributed by atoms with Gasteiger partial charge in [-0.2, -0.15) is 0 Å². The van der Waals surface area contributed by atoms with Crippen molar-refractivity contribution in [3.8, 4) is 11.4 Å². The van der Waals surface area contributed by atoms with E-state index in [1.54, 1.807) is 6.20 Å². The molecule has 6 rings (SSSR count). The lowest BCUT2D eigenvalue weighted by Gasteiger charge is -2.27. The molecule has 168 valence electrons. The second kappa shape index (κ2) is 8.70. The Labute approximate surface area is 205 Å². The van der Waals surface area contributed by atoms with Crippen LogP contribution in [0.15, 0.2) is 119 Å². The SMILES string of the molecule is O=c1oc2c(ccc3nc(-c4ccccc4)ncc32)c(N(c2ccccc2)c2ccccc2)c1Cl. The first-order valence-corrected chi connectivity index (χ1v) is 11.5. The molecule has 0 fully saturated rings. The molecule has 5 nitrogen and oxygen atoms in total. The first kappa shape index (κ1) is 21.1. The molecule has 0 atom stereocenters. The smallest absolute Gasteiger partial charge is 0.357 e. The summed E-state index contributed by atoms with van der Waals surface area (Å²) in [6, 6.07) is 33.1. The second-order valence-corrected chi connectivity index (χ2v) is 8.37. The zero-order valence-corrected chi connectivity index (χ0v) is 19.2. The summed E-state index contributed by atoms with van der Waals surface area (Å²) in [6.07, 6.45) is 1.70. The van der Waals surface area contributed by atoms with Gasteiger partial charge in [0.05, 0.1) is 16.6 Å². The Morgan fingerprint density at radius 2 is 1.31 bits per heavy atom. The van der Waals surface area contributed by atoms with Crippen molar-refractivity contribution in [3.05, 3.63) is 125 Å². The van der Waals surface area contributed by atoms with Gasteiger partial charge in [0.1, 0.15) is 0 Å². The average Bonchev–Trinajstić information content (AvgIpc) is 2.92. The zero-order valence-electron chi connectivity index (χ0n) is 18.4. The number of anilines is 3. The molecule has 0 saturated heterocycles. The van der Waals surface area contributed by atoms with E-state index >= 15 is 0 Å². The summed E-state index contributed by atoms with van der Waals surface area (Å²) < 4.78 is 5.72. The van der Waals surface area contributed by atoms with Crippen LogP contribution in [0.25, 0.3) is 33.3 Å². The first-order valence-electron chi connectivity index (χ1n) is 11.1. The van der Waals surface area contributed by atoms with Crippen LogP contribution in [0.2, 0.25) is 5.02 Å². The van der Waals surface area contributed by atoms with E-state index in [4.69, 9.17) is 21.0 Å². The van der Waals surface area contributed by atoms with E-state index in [1.165, 1.54) is 0 Å². The number of para-hydroxylation sites is 2. The van der Waals surface area contributed by atoms with E-state index in [9.17, 15) is 4.79 Å². The van der Waals surface area contributed by atoms with Crippen LogP contribution in [0, 0.1) is 0 Å². The van der Waals surface area contributed by atoms with Gasteiger partial charge in [-0.3, -0.25) is 0 Å². The van der Waals surface area contributed by atoms with Crippen molar-refractivity contribution in [1.29, 1.82) is 0 Å². The maximum atomic E-state index is 13.0. The standard InChI is InChI=1S/C29H18ClN3O2/c30-25-26(33(20-12-6-2-7-13-20)21-14-8-3-9-15-21)22-16-17-24-23(27(22)35-29(25)34)18-31-28(32-24)19-10-4-1-5-11-19/h1-18H. The molecule has 0 spiro atoms. The highest BCUT2D eigenvalue weighted by atomic mass is 35.5. The van der Waals surface area contributed by atoms with Gasteiger partial charge in [-0.1, -0.05) is 78.3 Å². The van der Waals surface area contributed by atoms with Gasteiger partial charge in [0.2, 0.25) is 0 Å². The molecule has 2 aromatic heterocycles. The van der Waals surface area contributed by atoms with Gasteiger partial charge in [0.25, 0.3) is 0 Å². The quantitative estimate of drug-likeness (QED) is 0.195. The molecule has 6 heteroatoms. The van der Waals surface area contributed by atoms with E-state index in [-0.39, 0.29) is 5.02 Å². The van der Waals surface area contributed by atoms with Gasteiger partial charge < -0.3 is 9.32 Å². The number of aromatic nitrogens is 2. The normalized spacial score (nSPS) is 11.1. The van der Waals surface area contributed by atoms with Crippen molar-refractivity contribution < 1.29 is 4.42 Å². The number of nitrogens with zero attached hydrogens (tertiary/aromatic N) is 3. The van der Waals surface area contributed by atoms with Crippen LogP contribution in [-0.4, -0.2) is 9.97 Å². The summed E-state index contributed by atoms with van der Waals surface area (Å²) in [6.45, 7) is 0. The van der Waals surface area contributed by atoms with Gasteiger partial charge in [-0.05, 0) is 36.4 Å². The molecule has 0 aliphatic rings. The molecular weight excluding hydrogens is 458 g/mol. The number of hydrogen-bond acceptors (Lipinski definition) is 5. The highest BCUT2D eigenvalue weighted by molar-refractivity contribution is 6.35. The Morgan fingerprint density at radius 3 is 1.94 bits per heavy atom. The molecule has 0 saturated carbocycles. The zero-order chi connectivity index (χ0) is 23.8. The van der Waals surface area contributed by atoms with Crippen molar-refractivity contribution in [3.63, 3.8) is 0 Å².